The fourth-order valence-electron chi connectivity index (χ4n) is 1.20. The summed E-state index contributed by atoms with van der Waals surface area (Å²) in [6, 6.07) is 2.04. The lowest BCUT2D eigenvalue weighted by atomic mass is 10.4. The van der Waals surface area contributed by atoms with Gasteiger partial charge in [-0.05, 0) is 31.2 Å². The van der Waals surface area contributed by atoms with Crippen LogP contribution >= 0.6 is 0 Å². The molecule has 0 radical (unpaired) electrons. The maximum atomic E-state index is 3.96. The van der Waals surface area contributed by atoms with Crippen LogP contribution in [0.4, 0.5) is 0 Å². The molecule has 1 heteroatoms. The van der Waals surface area contributed by atoms with Crippen LogP contribution in [0, 0.1) is 0 Å². The quantitative estimate of drug-likeness (QED) is 0.615. The summed E-state index contributed by atoms with van der Waals surface area (Å²) in [6.07, 6.45) is 8.21. The Balaban J connectivity index is 3.28. The molecule has 0 aliphatic carbocycles. The fraction of sp³-hybridized carbons (Fsp3) is 0.273. The van der Waals surface area contributed by atoms with Crippen molar-refractivity contribution in [1.29, 1.82) is 0 Å². The van der Waals surface area contributed by atoms with E-state index in [1.165, 1.54) is 5.35 Å². The third-order valence-corrected chi connectivity index (χ3v) is 1.88. The van der Waals surface area contributed by atoms with Gasteiger partial charge in [0.05, 0.1) is 0 Å². The van der Waals surface area contributed by atoms with E-state index >= 15 is 0 Å². The number of aromatic nitrogens is 1. The molecule has 1 nitrogen and oxygen atoms in total. The Morgan fingerprint density at radius 1 is 1.58 bits per heavy atom. The van der Waals surface area contributed by atoms with Gasteiger partial charge in [-0.1, -0.05) is 18.7 Å². The Kier molecular flexibility index (Phi) is 2.92. The number of hydrogen-bond donors (Lipinski definition) is 0. The summed E-state index contributed by atoms with van der Waals surface area (Å²) in [4.78, 5) is 0. The second-order valence-electron chi connectivity index (χ2n) is 2.70. The van der Waals surface area contributed by atoms with Gasteiger partial charge in [0.15, 0.2) is 0 Å². The predicted molar refractivity (Wildman–Crippen MR) is 54.2 cm³/mol. The van der Waals surface area contributed by atoms with E-state index < -0.39 is 0 Å². The zero-order valence-corrected chi connectivity index (χ0v) is 7.75. The van der Waals surface area contributed by atoms with Gasteiger partial charge in [0.1, 0.15) is 0 Å². The maximum absolute atomic E-state index is 3.96. The molecule has 1 rings (SSSR count). The highest BCUT2D eigenvalue weighted by molar-refractivity contribution is 5.35. The SMILES string of the molecule is C=c1ccn(CC)/c1=C/C=C\C. The van der Waals surface area contributed by atoms with Gasteiger partial charge >= 0.3 is 0 Å². The topological polar surface area (TPSA) is 4.93 Å². The number of allylic oxidation sites excluding steroid dienone is 2. The van der Waals surface area contributed by atoms with E-state index in [4.69, 9.17) is 0 Å². The van der Waals surface area contributed by atoms with Crippen molar-refractivity contribution >= 4 is 12.7 Å². The van der Waals surface area contributed by atoms with Crippen LogP contribution in [0.1, 0.15) is 13.8 Å². The van der Waals surface area contributed by atoms with Crippen LogP contribution in [-0.2, 0) is 6.54 Å². The lowest BCUT2D eigenvalue weighted by Crippen LogP contribution is -2.26. The third kappa shape index (κ3) is 1.67. The van der Waals surface area contributed by atoms with Crippen LogP contribution in [-0.4, -0.2) is 4.57 Å². The molecule has 0 atom stereocenters. The first-order valence-electron chi connectivity index (χ1n) is 4.26. The van der Waals surface area contributed by atoms with E-state index in [9.17, 15) is 0 Å². The monoisotopic (exact) mass is 161 g/mol. The molecule has 0 fully saturated rings. The molecule has 0 saturated heterocycles. The zero-order valence-electron chi connectivity index (χ0n) is 7.75. The van der Waals surface area contributed by atoms with E-state index in [-0.39, 0.29) is 0 Å². The highest BCUT2D eigenvalue weighted by atomic mass is 14.9. The van der Waals surface area contributed by atoms with Crippen molar-refractivity contribution in [1.82, 2.24) is 4.57 Å². The van der Waals surface area contributed by atoms with E-state index in [0.29, 0.717) is 0 Å². The van der Waals surface area contributed by atoms with Gasteiger partial charge in [0, 0.05) is 18.1 Å². The zero-order chi connectivity index (χ0) is 8.97. The van der Waals surface area contributed by atoms with E-state index in [1.54, 1.807) is 0 Å². The summed E-state index contributed by atoms with van der Waals surface area (Å²) in [5.41, 5.74) is 0. The number of hydrogen-bond acceptors (Lipinski definition) is 0. The van der Waals surface area contributed by atoms with Crippen LogP contribution in [0.5, 0.6) is 0 Å². The second kappa shape index (κ2) is 3.96. The molecule has 0 spiro atoms. The molecule has 0 aliphatic heterocycles. The van der Waals surface area contributed by atoms with Crippen molar-refractivity contribution in [2.24, 2.45) is 0 Å². The summed E-state index contributed by atoms with van der Waals surface area (Å²) in [5, 5.41) is 2.30. The minimum Gasteiger partial charge on any atom is -0.348 e. The summed E-state index contributed by atoms with van der Waals surface area (Å²) in [7, 11) is 0. The first-order valence-corrected chi connectivity index (χ1v) is 4.26. The number of rotatable bonds is 2. The molecule has 12 heavy (non-hydrogen) atoms. The molecule has 0 aromatic carbocycles. The Bertz CT molecular complexity index is 368. The molecular formula is C11H15N. The third-order valence-electron chi connectivity index (χ3n) is 1.88. The summed E-state index contributed by atoms with van der Waals surface area (Å²) < 4.78 is 2.18. The van der Waals surface area contributed by atoms with Crippen LogP contribution in [0.25, 0.3) is 12.7 Å². The summed E-state index contributed by atoms with van der Waals surface area (Å²) in [5.74, 6) is 0. The molecule has 0 aliphatic rings. The summed E-state index contributed by atoms with van der Waals surface area (Å²) in [6.45, 7) is 9.10. The second-order valence-corrected chi connectivity index (χ2v) is 2.70. The van der Waals surface area contributed by atoms with Crippen molar-refractivity contribution in [3.05, 3.63) is 35.0 Å². The minimum atomic E-state index is 0.999. The first-order chi connectivity index (χ1) is 5.79. The normalized spacial score (nSPS) is 13.0. The number of nitrogens with zero attached hydrogens (tertiary/aromatic N) is 1. The minimum absolute atomic E-state index is 0.999. The Hall–Kier alpha value is -1.24. The average Bonchev–Trinajstić information content (AvgIpc) is 2.43. The first kappa shape index (κ1) is 8.85. The Labute approximate surface area is 73.3 Å². The van der Waals surface area contributed by atoms with Gasteiger partial charge in [0.2, 0.25) is 0 Å². The number of aryl methyl sites for hydroxylation is 1. The molecule has 1 aromatic heterocycles. The molecule has 0 bridgehead atoms. The van der Waals surface area contributed by atoms with Gasteiger partial charge in [-0.3, -0.25) is 0 Å². The highest BCUT2D eigenvalue weighted by Crippen LogP contribution is 1.78. The summed E-state index contributed by atoms with van der Waals surface area (Å²) >= 11 is 0. The lowest BCUT2D eigenvalue weighted by Gasteiger charge is -1.95. The fourth-order valence-corrected chi connectivity index (χ4v) is 1.20. The van der Waals surface area contributed by atoms with Gasteiger partial charge < -0.3 is 4.57 Å². The van der Waals surface area contributed by atoms with Gasteiger partial charge in [0.25, 0.3) is 0 Å². The van der Waals surface area contributed by atoms with Crippen LogP contribution < -0.4 is 10.6 Å². The molecule has 1 heterocycles. The molecule has 0 amide bonds. The van der Waals surface area contributed by atoms with E-state index in [0.717, 1.165) is 11.8 Å². The molecule has 0 unspecified atom stereocenters. The molecular weight excluding hydrogens is 146 g/mol. The van der Waals surface area contributed by atoms with Crippen LogP contribution in [0.15, 0.2) is 24.4 Å². The van der Waals surface area contributed by atoms with Crippen molar-refractivity contribution < 1.29 is 0 Å². The largest absolute Gasteiger partial charge is 0.348 e. The molecule has 64 valence electrons. The van der Waals surface area contributed by atoms with Crippen LogP contribution in [0.3, 0.4) is 0 Å². The van der Waals surface area contributed by atoms with E-state index in [2.05, 4.69) is 30.3 Å². The van der Waals surface area contributed by atoms with Gasteiger partial charge in [-0.15, -0.1) is 0 Å². The van der Waals surface area contributed by atoms with Crippen molar-refractivity contribution in [2.75, 3.05) is 0 Å². The maximum Gasteiger partial charge on any atom is 0.0474 e. The molecule has 0 N–H and O–H groups in total. The smallest absolute Gasteiger partial charge is 0.0474 e. The van der Waals surface area contributed by atoms with Crippen LogP contribution in [0.2, 0.25) is 0 Å². The Morgan fingerprint density at radius 2 is 2.33 bits per heavy atom. The highest BCUT2D eigenvalue weighted by Gasteiger charge is 1.88. The van der Waals surface area contributed by atoms with Crippen molar-refractivity contribution in [3.63, 3.8) is 0 Å². The molecule has 1 aromatic rings. The average molecular weight is 161 g/mol. The van der Waals surface area contributed by atoms with Crippen molar-refractivity contribution in [2.45, 2.75) is 20.4 Å². The lowest BCUT2D eigenvalue weighted by molar-refractivity contribution is 0.744. The standard InChI is InChI=1S/C11H15N/c1-4-6-7-11-10(3)8-9-12(11)5-2/h4,6-9H,3,5H2,1-2H3/b6-4-,11-7+. The Morgan fingerprint density at radius 3 is 2.92 bits per heavy atom. The van der Waals surface area contributed by atoms with E-state index in [1.807, 2.05) is 25.1 Å². The van der Waals surface area contributed by atoms with Gasteiger partial charge in [-0.2, -0.15) is 0 Å². The van der Waals surface area contributed by atoms with Gasteiger partial charge in [-0.25, -0.2) is 0 Å². The predicted octanol–water partition coefficient (Wildman–Crippen LogP) is 1.27. The van der Waals surface area contributed by atoms with Crippen molar-refractivity contribution in [3.8, 4) is 0 Å². The molecule has 0 saturated carbocycles.